The number of para-hydroxylation sites is 1. The van der Waals surface area contributed by atoms with Crippen LogP contribution in [0, 0.1) is 24.7 Å². The summed E-state index contributed by atoms with van der Waals surface area (Å²) in [7, 11) is 0. The largest absolute Gasteiger partial charge is 0.452 e. The number of aryl methyl sites for hydroxylation is 1. The molecule has 164 valence electrons. The molecule has 0 saturated carbocycles. The quantitative estimate of drug-likeness (QED) is 0.444. The van der Waals surface area contributed by atoms with E-state index in [9.17, 15) is 19.2 Å². The van der Waals surface area contributed by atoms with Crippen LogP contribution in [0.25, 0.3) is 0 Å². The minimum atomic E-state index is -0.665. The molecule has 1 N–H and O–H groups in total. The summed E-state index contributed by atoms with van der Waals surface area (Å²) in [4.78, 5) is 51.3. The molecule has 0 spiro atoms. The van der Waals surface area contributed by atoms with Crippen molar-refractivity contribution in [1.29, 1.82) is 0 Å². The number of ether oxygens (including phenoxy) is 1. The Morgan fingerprint density at radius 2 is 1.78 bits per heavy atom. The first-order chi connectivity index (χ1) is 15.4. The van der Waals surface area contributed by atoms with Gasteiger partial charge in [-0.05, 0) is 55.2 Å². The number of fused-ring (bicyclic) bond motifs is 1. The molecule has 3 amide bonds. The van der Waals surface area contributed by atoms with E-state index >= 15 is 0 Å². The van der Waals surface area contributed by atoms with Gasteiger partial charge in [-0.15, -0.1) is 0 Å². The third-order valence-electron chi connectivity index (χ3n) is 5.99. The van der Waals surface area contributed by atoms with Gasteiger partial charge in [-0.25, -0.2) is 4.79 Å². The molecule has 1 aliphatic carbocycles. The van der Waals surface area contributed by atoms with Gasteiger partial charge in [0.2, 0.25) is 11.8 Å². The number of esters is 1. The van der Waals surface area contributed by atoms with Gasteiger partial charge < -0.3 is 10.1 Å². The SMILES string of the molecule is Cc1ccccc1NC(=O)COC(=O)c1ccc(N2C(=O)[C@@H]3[C@H](C)C=CC[C@H]3C2=O)cc1. The molecule has 1 heterocycles. The standard InChI is InChI=1S/C25H24N2O5/c1-15-6-3-4-9-20(15)26-21(28)14-32-25(31)17-10-12-18(13-11-17)27-23(29)19-8-5-7-16(2)22(19)24(27)30/h3-7,9-13,16,19,22H,8,14H2,1-2H3,(H,26,28)/t16-,19-,22-/m1/s1. The third-order valence-corrected chi connectivity index (χ3v) is 5.99. The fourth-order valence-corrected chi connectivity index (χ4v) is 4.26. The lowest BCUT2D eigenvalue weighted by molar-refractivity contribution is -0.123. The molecule has 7 nitrogen and oxygen atoms in total. The average molecular weight is 432 g/mol. The Morgan fingerprint density at radius 1 is 1.06 bits per heavy atom. The van der Waals surface area contributed by atoms with E-state index in [1.165, 1.54) is 17.0 Å². The van der Waals surface area contributed by atoms with Crippen LogP contribution in [0.5, 0.6) is 0 Å². The van der Waals surface area contributed by atoms with Crippen molar-refractivity contribution in [2.75, 3.05) is 16.8 Å². The van der Waals surface area contributed by atoms with Gasteiger partial charge in [0.05, 0.1) is 23.1 Å². The van der Waals surface area contributed by atoms with E-state index in [2.05, 4.69) is 5.32 Å². The van der Waals surface area contributed by atoms with Gasteiger partial charge in [0, 0.05) is 5.69 Å². The Hall–Kier alpha value is -3.74. The van der Waals surface area contributed by atoms with Crippen LogP contribution in [-0.2, 0) is 19.1 Å². The summed E-state index contributed by atoms with van der Waals surface area (Å²) in [5, 5.41) is 2.70. The Balaban J connectivity index is 1.38. The van der Waals surface area contributed by atoms with Gasteiger partial charge in [0.1, 0.15) is 0 Å². The second-order valence-electron chi connectivity index (χ2n) is 8.15. The number of hydrogen-bond acceptors (Lipinski definition) is 5. The van der Waals surface area contributed by atoms with Crippen molar-refractivity contribution in [3.63, 3.8) is 0 Å². The number of carbonyl (C=O) groups excluding carboxylic acids is 4. The Kier molecular flexibility index (Phi) is 5.90. The van der Waals surface area contributed by atoms with E-state index in [0.29, 0.717) is 17.8 Å². The molecule has 0 radical (unpaired) electrons. The molecule has 4 rings (SSSR count). The molecule has 2 aliphatic rings. The molecule has 0 unspecified atom stereocenters. The summed E-state index contributed by atoms with van der Waals surface area (Å²) in [6.07, 6.45) is 4.49. The zero-order chi connectivity index (χ0) is 22.8. The number of amides is 3. The second kappa shape index (κ2) is 8.78. The Labute approximate surface area is 186 Å². The molecule has 32 heavy (non-hydrogen) atoms. The number of hydrogen-bond donors (Lipinski definition) is 1. The van der Waals surface area contributed by atoms with E-state index in [0.717, 1.165) is 5.56 Å². The molecule has 1 fully saturated rings. The van der Waals surface area contributed by atoms with Gasteiger partial charge in [0.15, 0.2) is 6.61 Å². The number of allylic oxidation sites excluding steroid dienone is 2. The zero-order valence-corrected chi connectivity index (χ0v) is 17.9. The first-order valence-electron chi connectivity index (χ1n) is 10.5. The lowest BCUT2D eigenvalue weighted by Crippen LogP contribution is -2.31. The lowest BCUT2D eigenvalue weighted by Gasteiger charge is -2.22. The second-order valence-corrected chi connectivity index (χ2v) is 8.15. The molecule has 3 atom stereocenters. The minimum Gasteiger partial charge on any atom is -0.452 e. The molecular weight excluding hydrogens is 408 g/mol. The van der Waals surface area contributed by atoms with E-state index in [-0.39, 0.29) is 35.1 Å². The van der Waals surface area contributed by atoms with E-state index in [4.69, 9.17) is 4.74 Å². The van der Waals surface area contributed by atoms with Crippen LogP contribution >= 0.6 is 0 Å². The summed E-state index contributed by atoms with van der Waals surface area (Å²) >= 11 is 0. The van der Waals surface area contributed by atoms with Crippen LogP contribution < -0.4 is 10.2 Å². The Morgan fingerprint density at radius 3 is 2.47 bits per heavy atom. The third kappa shape index (κ3) is 4.06. The number of anilines is 2. The highest BCUT2D eigenvalue weighted by molar-refractivity contribution is 6.22. The maximum atomic E-state index is 12.9. The summed E-state index contributed by atoms with van der Waals surface area (Å²) in [6.45, 7) is 3.38. The van der Waals surface area contributed by atoms with E-state index in [1.807, 2.05) is 38.1 Å². The van der Waals surface area contributed by atoms with Crippen molar-refractivity contribution in [3.05, 3.63) is 71.8 Å². The van der Waals surface area contributed by atoms with Crippen molar-refractivity contribution in [3.8, 4) is 0 Å². The predicted molar refractivity (Wildman–Crippen MR) is 119 cm³/mol. The zero-order valence-electron chi connectivity index (χ0n) is 17.9. The highest BCUT2D eigenvalue weighted by Gasteiger charge is 2.50. The maximum Gasteiger partial charge on any atom is 0.338 e. The van der Waals surface area contributed by atoms with Crippen molar-refractivity contribution in [1.82, 2.24) is 0 Å². The molecule has 0 aromatic heterocycles. The van der Waals surface area contributed by atoms with E-state index in [1.54, 1.807) is 24.3 Å². The van der Waals surface area contributed by atoms with Gasteiger partial charge in [-0.2, -0.15) is 0 Å². The van der Waals surface area contributed by atoms with Crippen molar-refractivity contribution < 1.29 is 23.9 Å². The Bertz CT molecular complexity index is 1110. The smallest absolute Gasteiger partial charge is 0.338 e. The molecular formula is C25H24N2O5. The van der Waals surface area contributed by atoms with Gasteiger partial charge >= 0.3 is 5.97 Å². The number of carbonyl (C=O) groups is 4. The van der Waals surface area contributed by atoms with Gasteiger partial charge in [-0.1, -0.05) is 37.3 Å². The highest BCUT2D eigenvalue weighted by atomic mass is 16.5. The summed E-state index contributed by atoms with van der Waals surface area (Å²) in [5.74, 6) is -2.19. The van der Waals surface area contributed by atoms with Crippen LogP contribution in [0.15, 0.2) is 60.7 Å². The van der Waals surface area contributed by atoms with Gasteiger partial charge in [-0.3, -0.25) is 19.3 Å². The molecule has 1 saturated heterocycles. The highest BCUT2D eigenvalue weighted by Crippen LogP contribution is 2.40. The number of imide groups is 1. The summed E-state index contributed by atoms with van der Waals surface area (Å²) < 4.78 is 5.09. The minimum absolute atomic E-state index is 0.00951. The number of benzene rings is 2. The normalized spacial score (nSPS) is 21.9. The average Bonchev–Trinajstić information content (AvgIpc) is 3.05. The first kappa shape index (κ1) is 21.5. The van der Waals surface area contributed by atoms with Crippen LogP contribution in [0.4, 0.5) is 11.4 Å². The lowest BCUT2D eigenvalue weighted by atomic mass is 9.78. The van der Waals surface area contributed by atoms with Crippen LogP contribution in [0.2, 0.25) is 0 Å². The first-order valence-corrected chi connectivity index (χ1v) is 10.5. The topological polar surface area (TPSA) is 92.8 Å². The molecule has 2 aromatic carbocycles. The molecule has 2 aromatic rings. The molecule has 7 heteroatoms. The predicted octanol–water partition coefficient (Wildman–Crippen LogP) is 3.49. The number of rotatable bonds is 5. The fraction of sp³-hybridized carbons (Fsp3) is 0.280. The van der Waals surface area contributed by atoms with Crippen LogP contribution in [0.3, 0.4) is 0 Å². The van der Waals surface area contributed by atoms with Crippen molar-refractivity contribution in [2.24, 2.45) is 17.8 Å². The molecule has 1 aliphatic heterocycles. The van der Waals surface area contributed by atoms with Crippen molar-refractivity contribution >= 4 is 35.1 Å². The summed E-state index contributed by atoms with van der Waals surface area (Å²) in [6, 6.07) is 13.4. The van der Waals surface area contributed by atoms with Gasteiger partial charge in [0.25, 0.3) is 5.91 Å². The molecule has 0 bridgehead atoms. The van der Waals surface area contributed by atoms with Crippen LogP contribution in [-0.4, -0.2) is 30.3 Å². The number of nitrogens with zero attached hydrogens (tertiary/aromatic N) is 1. The monoisotopic (exact) mass is 432 g/mol. The van der Waals surface area contributed by atoms with Crippen LogP contribution in [0.1, 0.15) is 29.3 Å². The summed E-state index contributed by atoms with van der Waals surface area (Å²) in [5.41, 5.74) is 2.21. The maximum absolute atomic E-state index is 12.9. The van der Waals surface area contributed by atoms with Crippen molar-refractivity contribution in [2.45, 2.75) is 20.3 Å². The number of nitrogens with one attached hydrogen (secondary N) is 1. The fourth-order valence-electron chi connectivity index (χ4n) is 4.26. The van der Waals surface area contributed by atoms with E-state index < -0.39 is 18.5 Å².